The Bertz CT molecular complexity index is 814. The van der Waals surface area contributed by atoms with Crippen LogP contribution in [0.5, 0.6) is 0 Å². The number of carbonyl (C=O) groups is 1. The third-order valence-electron chi connectivity index (χ3n) is 5.05. The number of methoxy groups -OCH3 is 1. The summed E-state index contributed by atoms with van der Waals surface area (Å²) in [5, 5.41) is 10.9. The molecular weight excluding hydrogens is 392 g/mol. The van der Waals surface area contributed by atoms with Crippen molar-refractivity contribution >= 4 is 6.16 Å². The molecule has 8 nitrogen and oxygen atoms in total. The predicted molar refractivity (Wildman–Crippen MR) is 103 cm³/mol. The molecule has 2 aliphatic rings. The van der Waals surface area contributed by atoms with E-state index in [1.807, 2.05) is 60.7 Å². The highest BCUT2D eigenvalue weighted by atomic mass is 16.8. The number of rotatable bonds is 5. The van der Waals surface area contributed by atoms with Crippen LogP contribution in [-0.4, -0.2) is 55.7 Å². The van der Waals surface area contributed by atoms with Gasteiger partial charge in [-0.25, -0.2) is 4.79 Å². The summed E-state index contributed by atoms with van der Waals surface area (Å²) < 4.78 is 33.2. The Morgan fingerprint density at radius 1 is 1.07 bits per heavy atom. The van der Waals surface area contributed by atoms with Crippen LogP contribution in [0.2, 0.25) is 0 Å². The molecule has 2 saturated heterocycles. The van der Waals surface area contributed by atoms with E-state index in [1.54, 1.807) is 0 Å². The van der Waals surface area contributed by atoms with Gasteiger partial charge in [-0.15, -0.1) is 0 Å². The van der Waals surface area contributed by atoms with Gasteiger partial charge in [0.25, 0.3) is 0 Å². The maximum atomic E-state index is 12.2. The average molecular weight is 416 g/mol. The summed E-state index contributed by atoms with van der Waals surface area (Å²) in [7, 11) is 1.40. The van der Waals surface area contributed by atoms with E-state index in [2.05, 4.69) is 0 Å². The van der Waals surface area contributed by atoms with Crippen molar-refractivity contribution in [2.75, 3.05) is 13.7 Å². The van der Waals surface area contributed by atoms with Gasteiger partial charge in [-0.2, -0.15) is 0 Å². The van der Waals surface area contributed by atoms with E-state index in [4.69, 9.17) is 28.4 Å². The van der Waals surface area contributed by atoms with E-state index in [0.717, 1.165) is 11.1 Å². The Labute approximate surface area is 174 Å². The number of benzene rings is 2. The summed E-state index contributed by atoms with van der Waals surface area (Å²) in [5.41, 5.74) is 1.63. The molecule has 2 aliphatic heterocycles. The zero-order chi connectivity index (χ0) is 20.9. The van der Waals surface area contributed by atoms with Crippen LogP contribution in [0.4, 0.5) is 4.79 Å². The number of hydrogen-bond acceptors (Lipinski definition) is 8. The molecule has 4 rings (SSSR count). The smallest absolute Gasteiger partial charge is 0.429 e. The van der Waals surface area contributed by atoms with Crippen LogP contribution in [0.3, 0.4) is 0 Å². The Balaban J connectivity index is 1.40. The molecule has 30 heavy (non-hydrogen) atoms. The van der Waals surface area contributed by atoms with Crippen LogP contribution in [-0.2, 0) is 35.0 Å². The molecule has 2 aromatic carbocycles. The zero-order valence-electron chi connectivity index (χ0n) is 16.5. The van der Waals surface area contributed by atoms with Crippen LogP contribution in [0.25, 0.3) is 0 Å². The van der Waals surface area contributed by atoms with Crippen molar-refractivity contribution < 1.29 is 38.3 Å². The Morgan fingerprint density at radius 2 is 1.77 bits per heavy atom. The van der Waals surface area contributed by atoms with Crippen LogP contribution in [0.15, 0.2) is 60.7 Å². The largest absolute Gasteiger partial charge is 0.509 e. The van der Waals surface area contributed by atoms with Gasteiger partial charge in [0.1, 0.15) is 24.9 Å². The highest BCUT2D eigenvalue weighted by Crippen LogP contribution is 2.35. The quantitative estimate of drug-likeness (QED) is 0.744. The Morgan fingerprint density at radius 3 is 2.47 bits per heavy atom. The first-order valence-electron chi connectivity index (χ1n) is 9.71. The summed E-state index contributed by atoms with van der Waals surface area (Å²) >= 11 is 0. The fourth-order valence-corrected chi connectivity index (χ4v) is 3.52. The van der Waals surface area contributed by atoms with Crippen molar-refractivity contribution in [3.8, 4) is 0 Å². The molecule has 0 saturated carbocycles. The maximum Gasteiger partial charge on any atom is 0.509 e. The summed E-state index contributed by atoms with van der Waals surface area (Å²) in [4.78, 5) is 12.2. The molecule has 1 unspecified atom stereocenters. The second-order valence-electron chi connectivity index (χ2n) is 7.05. The SMILES string of the molecule is CO[C@H]1O[C@@H]2COC(c3ccccc3)O[C@H]2[C@H](O)[C@H]1OC(=O)OCc1ccccc1. The highest BCUT2D eigenvalue weighted by Gasteiger charge is 2.51. The predicted octanol–water partition coefficient (Wildman–Crippen LogP) is 2.55. The van der Waals surface area contributed by atoms with Crippen molar-refractivity contribution in [3.63, 3.8) is 0 Å². The number of ether oxygens (including phenoxy) is 6. The van der Waals surface area contributed by atoms with Crippen LogP contribution < -0.4 is 0 Å². The first kappa shape index (κ1) is 20.8. The van der Waals surface area contributed by atoms with Crippen molar-refractivity contribution in [2.24, 2.45) is 0 Å². The third-order valence-corrected chi connectivity index (χ3v) is 5.05. The fraction of sp³-hybridized carbons (Fsp3) is 0.409. The summed E-state index contributed by atoms with van der Waals surface area (Å²) in [6.07, 6.45) is -6.20. The molecule has 1 N–H and O–H groups in total. The van der Waals surface area contributed by atoms with Gasteiger partial charge in [-0.05, 0) is 5.56 Å². The zero-order valence-corrected chi connectivity index (χ0v) is 16.5. The van der Waals surface area contributed by atoms with E-state index in [0.29, 0.717) is 0 Å². The van der Waals surface area contributed by atoms with Gasteiger partial charge in [0.15, 0.2) is 18.7 Å². The minimum atomic E-state index is -1.19. The average Bonchev–Trinajstić information content (AvgIpc) is 2.80. The normalized spacial score (nSPS) is 30.9. The topological polar surface area (TPSA) is 92.7 Å². The molecular formula is C22H24O8. The summed E-state index contributed by atoms with van der Waals surface area (Å²) in [5.74, 6) is 0. The van der Waals surface area contributed by atoms with E-state index >= 15 is 0 Å². The molecule has 0 aromatic heterocycles. The van der Waals surface area contributed by atoms with Gasteiger partial charge in [0, 0.05) is 12.7 Å². The third kappa shape index (κ3) is 4.63. The Hall–Kier alpha value is -2.49. The molecule has 2 heterocycles. The van der Waals surface area contributed by atoms with Crippen LogP contribution in [0.1, 0.15) is 17.4 Å². The van der Waals surface area contributed by atoms with Gasteiger partial charge in [-0.1, -0.05) is 60.7 Å². The monoisotopic (exact) mass is 416 g/mol. The number of carbonyl (C=O) groups excluding carboxylic acids is 1. The number of aliphatic hydroxyl groups excluding tert-OH is 1. The minimum absolute atomic E-state index is 0.0491. The molecule has 6 atom stereocenters. The van der Waals surface area contributed by atoms with Gasteiger partial charge < -0.3 is 33.5 Å². The number of fused-ring (bicyclic) bond motifs is 1. The molecule has 160 valence electrons. The molecule has 2 aromatic rings. The fourth-order valence-electron chi connectivity index (χ4n) is 3.52. The number of aliphatic hydroxyl groups is 1. The molecule has 8 heteroatoms. The van der Waals surface area contributed by atoms with Gasteiger partial charge in [0.05, 0.1) is 6.61 Å². The lowest BCUT2D eigenvalue weighted by molar-refractivity contribution is -0.358. The van der Waals surface area contributed by atoms with E-state index in [9.17, 15) is 9.90 Å². The lowest BCUT2D eigenvalue weighted by Crippen LogP contribution is -2.63. The second-order valence-corrected chi connectivity index (χ2v) is 7.05. The lowest BCUT2D eigenvalue weighted by atomic mass is 9.97. The molecule has 2 fully saturated rings. The molecule has 0 bridgehead atoms. The second kappa shape index (κ2) is 9.55. The molecule has 0 amide bonds. The van der Waals surface area contributed by atoms with Crippen molar-refractivity contribution in [3.05, 3.63) is 71.8 Å². The first-order chi connectivity index (χ1) is 14.7. The van der Waals surface area contributed by atoms with Crippen molar-refractivity contribution in [1.29, 1.82) is 0 Å². The minimum Gasteiger partial charge on any atom is -0.429 e. The van der Waals surface area contributed by atoms with Gasteiger partial charge in [-0.3, -0.25) is 0 Å². The van der Waals surface area contributed by atoms with Crippen LogP contribution >= 0.6 is 0 Å². The van der Waals surface area contributed by atoms with Gasteiger partial charge >= 0.3 is 6.16 Å². The lowest BCUT2D eigenvalue weighted by Gasteiger charge is -2.46. The van der Waals surface area contributed by atoms with Crippen LogP contribution in [0, 0.1) is 0 Å². The Kier molecular flexibility index (Phi) is 6.61. The van der Waals surface area contributed by atoms with Crippen molar-refractivity contribution in [2.45, 2.75) is 43.6 Å². The van der Waals surface area contributed by atoms with E-state index in [-0.39, 0.29) is 13.2 Å². The first-order valence-corrected chi connectivity index (χ1v) is 9.71. The van der Waals surface area contributed by atoms with Gasteiger partial charge in [0.2, 0.25) is 0 Å². The highest BCUT2D eigenvalue weighted by molar-refractivity contribution is 5.60. The molecule has 0 spiro atoms. The standard InChI is InChI=1S/C22H24O8/c1-25-21-19(30-22(24)27-12-14-8-4-2-5-9-14)17(23)18-16(28-21)13-26-20(29-18)15-10-6-3-7-11-15/h2-11,16-21,23H,12-13H2,1H3/t16-,17+,18-,19-,20?,21+/m1/s1. The summed E-state index contributed by atoms with van der Waals surface area (Å²) in [6, 6.07) is 18.6. The van der Waals surface area contributed by atoms with E-state index in [1.165, 1.54) is 7.11 Å². The maximum absolute atomic E-state index is 12.2. The molecule has 0 aliphatic carbocycles. The number of hydrogen-bond donors (Lipinski definition) is 1. The summed E-state index contributed by atoms with van der Waals surface area (Å²) in [6.45, 7) is 0.250. The van der Waals surface area contributed by atoms with E-state index < -0.39 is 43.2 Å². The molecule has 0 radical (unpaired) electrons. The van der Waals surface area contributed by atoms with Crippen molar-refractivity contribution in [1.82, 2.24) is 0 Å².